The van der Waals surface area contributed by atoms with E-state index in [1.807, 2.05) is 65.0 Å². The highest BCUT2D eigenvalue weighted by Gasteiger charge is 2.50. The van der Waals surface area contributed by atoms with E-state index in [1.165, 1.54) is 16.7 Å². The van der Waals surface area contributed by atoms with Crippen LogP contribution in [0.4, 0.5) is 0 Å². The lowest BCUT2D eigenvalue weighted by Gasteiger charge is -2.35. The molecule has 2 aromatic rings. The van der Waals surface area contributed by atoms with Crippen molar-refractivity contribution in [1.29, 1.82) is 0 Å². The number of amides is 2. The molecule has 0 bridgehead atoms. The van der Waals surface area contributed by atoms with Crippen molar-refractivity contribution >= 4 is 29.5 Å². The average molecular weight is 498 g/mol. The van der Waals surface area contributed by atoms with Crippen LogP contribution in [-0.4, -0.2) is 57.0 Å². The summed E-state index contributed by atoms with van der Waals surface area (Å²) >= 11 is 1.51. The number of hydrogen-bond donors (Lipinski definition) is 2. The normalized spacial score (nSPS) is 19.0. The Bertz CT molecular complexity index is 1040. The molecule has 35 heavy (non-hydrogen) atoms. The zero-order valence-electron chi connectivity index (χ0n) is 21.0. The predicted octanol–water partition coefficient (Wildman–Crippen LogP) is 3.38. The molecule has 3 atom stereocenters. The summed E-state index contributed by atoms with van der Waals surface area (Å²) < 4.78 is 5.22. The first-order valence-corrected chi connectivity index (χ1v) is 12.7. The molecule has 1 fully saturated rings. The lowest BCUT2D eigenvalue weighted by Crippen LogP contribution is -2.60. The van der Waals surface area contributed by atoms with Gasteiger partial charge in [-0.2, -0.15) is 0 Å². The van der Waals surface area contributed by atoms with Crippen molar-refractivity contribution < 1.29 is 19.1 Å². The van der Waals surface area contributed by atoms with Crippen LogP contribution in [0.3, 0.4) is 0 Å². The second-order valence-electron chi connectivity index (χ2n) is 10.4. The van der Waals surface area contributed by atoms with Gasteiger partial charge in [-0.15, -0.1) is 11.8 Å². The van der Waals surface area contributed by atoms with E-state index in [0.717, 1.165) is 5.56 Å². The van der Waals surface area contributed by atoms with Crippen LogP contribution in [0.5, 0.6) is 0 Å². The van der Waals surface area contributed by atoms with Crippen molar-refractivity contribution in [2.45, 2.75) is 69.5 Å². The second kappa shape index (κ2) is 10.8. The molecule has 1 aliphatic heterocycles. The third kappa shape index (κ3) is 6.86. The van der Waals surface area contributed by atoms with Gasteiger partial charge in [0.15, 0.2) is 6.10 Å². The van der Waals surface area contributed by atoms with Gasteiger partial charge in [-0.1, -0.05) is 48.5 Å². The Balaban J connectivity index is 1.90. The second-order valence-corrected chi connectivity index (χ2v) is 12.0. The lowest BCUT2D eigenvalue weighted by molar-refractivity contribution is -0.147. The zero-order valence-corrected chi connectivity index (χ0v) is 21.8. The van der Waals surface area contributed by atoms with Crippen molar-refractivity contribution in [1.82, 2.24) is 10.2 Å². The lowest BCUT2D eigenvalue weighted by atomic mass is 9.96. The summed E-state index contributed by atoms with van der Waals surface area (Å²) in [4.78, 5) is 41.6. The molecule has 3 N–H and O–H groups in total. The molecule has 8 heteroatoms. The van der Waals surface area contributed by atoms with Crippen LogP contribution < -0.4 is 11.1 Å². The van der Waals surface area contributed by atoms with E-state index in [-0.39, 0.29) is 5.91 Å². The molecule has 1 aliphatic rings. The molecular weight excluding hydrogens is 462 g/mol. The van der Waals surface area contributed by atoms with Gasteiger partial charge in [0.1, 0.15) is 6.04 Å². The summed E-state index contributed by atoms with van der Waals surface area (Å²) in [6.45, 7) is 9.56. The third-order valence-corrected chi connectivity index (χ3v) is 7.14. The largest absolute Gasteiger partial charge is 0.447 e. The van der Waals surface area contributed by atoms with Crippen molar-refractivity contribution in [3.8, 4) is 0 Å². The van der Waals surface area contributed by atoms with Gasteiger partial charge in [-0.25, -0.2) is 4.79 Å². The topological polar surface area (TPSA) is 102 Å². The van der Waals surface area contributed by atoms with Crippen LogP contribution in [-0.2, 0) is 20.7 Å². The number of carbonyl (C=O) groups is 3. The molecule has 0 aromatic heterocycles. The minimum atomic E-state index is -1.25. The molecule has 3 rings (SSSR count). The molecule has 0 aliphatic carbocycles. The van der Waals surface area contributed by atoms with Crippen LogP contribution >= 0.6 is 11.8 Å². The van der Waals surface area contributed by atoms with E-state index in [0.29, 0.717) is 17.9 Å². The molecule has 0 unspecified atom stereocenters. The molecule has 1 heterocycles. The molecule has 0 spiro atoms. The monoisotopic (exact) mass is 497 g/mol. The number of esters is 1. The van der Waals surface area contributed by atoms with Crippen molar-refractivity contribution in [3.05, 3.63) is 71.8 Å². The first-order chi connectivity index (χ1) is 16.4. The molecule has 2 amide bonds. The standard InChI is InChI=1S/C27H35N3O4S/c1-26(2,3)29-23(31)22-27(4,5)35-17-30(22)24(32)21(20(28)16-18-12-8-6-9-13-18)34-25(33)19-14-10-7-11-15-19/h6-15,20-22H,16-17,28H2,1-5H3,(H,29,31)/t20-,21-,22+/m0/s1. The predicted molar refractivity (Wildman–Crippen MR) is 139 cm³/mol. The summed E-state index contributed by atoms with van der Waals surface area (Å²) in [5.41, 5.74) is 7.30. The number of ether oxygens (including phenoxy) is 1. The van der Waals surface area contributed by atoms with Gasteiger partial charge in [0.25, 0.3) is 5.91 Å². The van der Waals surface area contributed by atoms with Gasteiger partial charge in [0, 0.05) is 10.3 Å². The minimum Gasteiger partial charge on any atom is -0.447 e. The maximum absolute atomic E-state index is 13.9. The Hall–Kier alpha value is -2.84. The number of carbonyl (C=O) groups excluding carboxylic acids is 3. The van der Waals surface area contributed by atoms with Crippen molar-refractivity contribution in [2.75, 3.05) is 5.88 Å². The SMILES string of the molecule is CC(C)(C)NC(=O)[C@H]1N(C(=O)[C@@H](OC(=O)c2ccccc2)[C@@H](N)Cc2ccccc2)CSC1(C)C. The fraction of sp³-hybridized carbons (Fsp3) is 0.444. The Morgan fingerprint density at radius 2 is 1.66 bits per heavy atom. The van der Waals surface area contributed by atoms with Crippen molar-refractivity contribution in [3.63, 3.8) is 0 Å². The van der Waals surface area contributed by atoms with Gasteiger partial charge in [-0.05, 0) is 58.7 Å². The Morgan fingerprint density at radius 3 is 2.23 bits per heavy atom. The van der Waals surface area contributed by atoms with Gasteiger partial charge in [-0.3, -0.25) is 9.59 Å². The van der Waals surface area contributed by atoms with Crippen LogP contribution in [0.15, 0.2) is 60.7 Å². The number of nitrogens with two attached hydrogens (primary N) is 1. The molecule has 7 nitrogen and oxygen atoms in total. The zero-order chi connectivity index (χ0) is 25.8. The highest BCUT2D eigenvalue weighted by Crippen LogP contribution is 2.40. The first-order valence-electron chi connectivity index (χ1n) is 11.7. The molecule has 0 radical (unpaired) electrons. The third-order valence-electron chi connectivity index (χ3n) is 5.77. The fourth-order valence-corrected chi connectivity index (χ4v) is 5.23. The van der Waals surface area contributed by atoms with E-state index in [1.54, 1.807) is 30.3 Å². The van der Waals surface area contributed by atoms with Gasteiger partial charge in [0.2, 0.25) is 5.91 Å². The highest BCUT2D eigenvalue weighted by molar-refractivity contribution is 8.00. The smallest absolute Gasteiger partial charge is 0.338 e. The van der Waals surface area contributed by atoms with Crippen LogP contribution in [0.2, 0.25) is 0 Å². The van der Waals surface area contributed by atoms with Gasteiger partial charge in [0.05, 0.1) is 17.5 Å². The molecule has 2 aromatic carbocycles. The van der Waals surface area contributed by atoms with E-state index < -0.39 is 40.4 Å². The minimum absolute atomic E-state index is 0.245. The Morgan fingerprint density at radius 1 is 1.09 bits per heavy atom. The van der Waals surface area contributed by atoms with E-state index in [4.69, 9.17) is 10.5 Å². The Labute approximate surface area is 211 Å². The van der Waals surface area contributed by atoms with Crippen LogP contribution in [0.25, 0.3) is 0 Å². The maximum Gasteiger partial charge on any atom is 0.338 e. The number of hydrogen-bond acceptors (Lipinski definition) is 6. The van der Waals surface area contributed by atoms with Gasteiger partial charge >= 0.3 is 5.97 Å². The molecule has 188 valence electrons. The maximum atomic E-state index is 13.9. The number of rotatable bonds is 7. The molecule has 0 saturated carbocycles. The molecular formula is C27H35N3O4S. The van der Waals surface area contributed by atoms with Crippen LogP contribution in [0, 0.1) is 0 Å². The summed E-state index contributed by atoms with van der Waals surface area (Å²) in [5.74, 6) is -1.05. The summed E-state index contributed by atoms with van der Waals surface area (Å²) in [6, 6.07) is 16.5. The quantitative estimate of drug-likeness (QED) is 0.569. The number of nitrogens with zero attached hydrogens (tertiary/aromatic N) is 1. The summed E-state index contributed by atoms with van der Waals surface area (Å²) in [5, 5.41) is 2.99. The summed E-state index contributed by atoms with van der Waals surface area (Å²) in [6.07, 6.45) is -0.912. The van der Waals surface area contributed by atoms with E-state index in [2.05, 4.69) is 5.32 Å². The van der Waals surface area contributed by atoms with Crippen LogP contribution in [0.1, 0.15) is 50.5 Å². The number of thioether (sulfide) groups is 1. The first kappa shape index (κ1) is 26.8. The van der Waals surface area contributed by atoms with E-state index in [9.17, 15) is 14.4 Å². The highest BCUT2D eigenvalue weighted by atomic mass is 32.2. The number of benzene rings is 2. The fourth-order valence-electron chi connectivity index (χ4n) is 4.09. The van der Waals surface area contributed by atoms with E-state index >= 15 is 0 Å². The molecule has 1 saturated heterocycles. The average Bonchev–Trinajstić information content (AvgIpc) is 3.12. The Kier molecular flexibility index (Phi) is 8.28. The van der Waals surface area contributed by atoms with Gasteiger partial charge < -0.3 is 20.7 Å². The summed E-state index contributed by atoms with van der Waals surface area (Å²) in [7, 11) is 0. The van der Waals surface area contributed by atoms with Crippen molar-refractivity contribution in [2.24, 2.45) is 5.73 Å². The number of nitrogens with one attached hydrogen (secondary N) is 1.